The average Bonchev–Trinajstić information content (AvgIpc) is 2.19. The summed E-state index contributed by atoms with van der Waals surface area (Å²) in [6.45, 7) is 3.59. The van der Waals surface area contributed by atoms with Gasteiger partial charge in [-0.3, -0.25) is 0 Å². The maximum Gasteiger partial charge on any atom is 0.138 e. The standard InChI is InChI=1S/C10H9Cl2NS2/c1-7(11)6-15-10(14)13-9-4-2-8(12)3-5-9/h2-5H,1,6H2,(H,13,14). The normalized spacial score (nSPS) is 9.73. The van der Waals surface area contributed by atoms with Crippen molar-refractivity contribution >= 4 is 57.2 Å². The first kappa shape index (κ1) is 12.8. The lowest BCUT2D eigenvalue weighted by Crippen LogP contribution is -2.04. The van der Waals surface area contributed by atoms with Crippen LogP contribution in [0.3, 0.4) is 0 Å². The van der Waals surface area contributed by atoms with E-state index in [-0.39, 0.29) is 0 Å². The highest BCUT2D eigenvalue weighted by atomic mass is 35.5. The molecule has 80 valence electrons. The lowest BCUT2D eigenvalue weighted by Gasteiger charge is -2.06. The van der Waals surface area contributed by atoms with E-state index in [9.17, 15) is 0 Å². The van der Waals surface area contributed by atoms with Gasteiger partial charge in [0.2, 0.25) is 0 Å². The first-order valence-corrected chi connectivity index (χ1v) is 6.25. The number of halogens is 2. The molecule has 5 heteroatoms. The molecule has 0 aliphatic heterocycles. The molecular formula is C10H9Cl2NS2. The van der Waals surface area contributed by atoms with Gasteiger partial charge in [-0.15, -0.1) is 0 Å². The molecule has 15 heavy (non-hydrogen) atoms. The molecule has 1 N–H and O–H groups in total. The van der Waals surface area contributed by atoms with Gasteiger partial charge in [0.1, 0.15) is 4.32 Å². The molecule has 0 bridgehead atoms. The fraction of sp³-hybridized carbons (Fsp3) is 0.100. The van der Waals surface area contributed by atoms with E-state index in [0.29, 0.717) is 20.1 Å². The Labute approximate surface area is 109 Å². The second-order valence-electron chi connectivity index (χ2n) is 2.73. The monoisotopic (exact) mass is 277 g/mol. The number of benzene rings is 1. The highest BCUT2D eigenvalue weighted by molar-refractivity contribution is 8.23. The van der Waals surface area contributed by atoms with Crippen LogP contribution in [0.2, 0.25) is 5.02 Å². The number of thioether (sulfide) groups is 1. The van der Waals surface area contributed by atoms with E-state index in [0.717, 1.165) is 5.69 Å². The molecule has 1 aromatic rings. The molecule has 0 fully saturated rings. The molecule has 1 rings (SSSR count). The van der Waals surface area contributed by atoms with Gasteiger partial charge in [-0.25, -0.2) is 0 Å². The lowest BCUT2D eigenvalue weighted by molar-refractivity contribution is 1.66. The highest BCUT2D eigenvalue weighted by Gasteiger charge is 1.99. The van der Waals surface area contributed by atoms with Crippen LogP contribution < -0.4 is 5.32 Å². The zero-order valence-electron chi connectivity index (χ0n) is 7.80. The molecule has 0 saturated heterocycles. The number of thiocarbonyl (C=S) groups is 1. The summed E-state index contributed by atoms with van der Waals surface area (Å²) in [6, 6.07) is 7.34. The molecule has 1 aromatic carbocycles. The van der Waals surface area contributed by atoms with Crippen LogP contribution in [0.1, 0.15) is 0 Å². The van der Waals surface area contributed by atoms with Gasteiger partial charge in [-0.2, -0.15) is 0 Å². The minimum Gasteiger partial charge on any atom is -0.341 e. The zero-order chi connectivity index (χ0) is 11.3. The highest BCUT2D eigenvalue weighted by Crippen LogP contribution is 2.17. The van der Waals surface area contributed by atoms with Crippen molar-refractivity contribution in [3.63, 3.8) is 0 Å². The van der Waals surface area contributed by atoms with E-state index in [4.69, 9.17) is 35.4 Å². The molecule has 0 saturated carbocycles. The molecule has 0 amide bonds. The molecule has 0 atom stereocenters. The number of anilines is 1. The van der Waals surface area contributed by atoms with Crippen LogP contribution in [-0.2, 0) is 0 Å². The van der Waals surface area contributed by atoms with Gasteiger partial charge in [0, 0.05) is 21.5 Å². The summed E-state index contributed by atoms with van der Waals surface area (Å²) in [5.41, 5.74) is 0.914. The summed E-state index contributed by atoms with van der Waals surface area (Å²) in [5.74, 6) is 0.612. The quantitative estimate of drug-likeness (QED) is 0.816. The minimum absolute atomic E-state index is 0.584. The first-order chi connectivity index (χ1) is 7.08. The Balaban J connectivity index is 2.44. The van der Waals surface area contributed by atoms with Crippen molar-refractivity contribution in [2.75, 3.05) is 11.1 Å². The fourth-order valence-electron chi connectivity index (χ4n) is 0.831. The van der Waals surface area contributed by atoms with Gasteiger partial charge in [0.25, 0.3) is 0 Å². The Morgan fingerprint density at radius 1 is 1.40 bits per heavy atom. The summed E-state index contributed by atoms with van der Waals surface area (Å²) < 4.78 is 0.666. The van der Waals surface area contributed by atoms with Crippen LogP contribution in [-0.4, -0.2) is 10.1 Å². The average molecular weight is 278 g/mol. The molecule has 0 unspecified atom stereocenters. The summed E-state index contributed by atoms with van der Waals surface area (Å²) in [5, 5.41) is 4.35. The molecule has 0 aromatic heterocycles. The summed E-state index contributed by atoms with van der Waals surface area (Å²) in [7, 11) is 0. The van der Waals surface area contributed by atoms with Crippen molar-refractivity contribution in [1.29, 1.82) is 0 Å². The lowest BCUT2D eigenvalue weighted by atomic mass is 10.3. The largest absolute Gasteiger partial charge is 0.341 e. The Kier molecular flexibility index (Phi) is 5.47. The van der Waals surface area contributed by atoms with Crippen molar-refractivity contribution in [1.82, 2.24) is 0 Å². The van der Waals surface area contributed by atoms with Gasteiger partial charge in [-0.05, 0) is 24.3 Å². The molecule has 1 nitrogen and oxygen atoms in total. The van der Waals surface area contributed by atoms with Gasteiger partial charge in [0.15, 0.2) is 0 Å². The maximum absolute atomic E-state index is 5.76. The van der Waals surface area contributed by atoms with Crippen LogP contribution in [0.5, 0.6) is 0 Å². The van der Waals surface area contributed by atoms with Crippen LogP contribution in [0.15, 0.2) is 35.9 Å². The van der Waals surface area contributed by atoms with Crippen molar-refractivity contribution in [3.05, 3.63) is 40.9 Å². The second-order valence-corrected chi connectivity index (χ2v) is 5.35. The first-order valence-electron chi connectivity index (χ1n) is 4.10. The van der Waals surface area contributed by atoms with E-state index in [2.05, 4.69) is 11.9 Å². The number of hydrogen-bond donors (Lipinski definition) is 1. The van der Waals surface area contributed by atoms with E-state index < -0.39 is 0 Å². The van der Waals surface area contributed by atoms with Crippen molar-refractivity contribution in [3.8, 4) is 0 Å². The minimum atomic E-state index is 0.584. The van der Waals surface area contributed by atoms with E-state index in [1.165, 1.54) is 11.8 Å². The van der Waals surface area contributed by atoms with Gasteiger partial charge in [0.05, 0.1) is 0 Å². The third-order valence-corrected chi connectivity index (χ3v) is 3.31. The number of rotatable bonds is 3. The molecular weight excluding hydrogens is 269 g/mol. The second kappa shape index (κ2) is 6.38. The van der Waals surface area contributed by atoms with Crippen molar-refractivity contribution in [2.24, 2.45) is 0 Å². The third kappa shape index (κ3) is 5.42. The fourth-order valence-corrected chi connectivity index (χ4v) is 1.89. The van der Waals surface area contributed by atoms with Crippen LogP contribution in [0, 0.1) is 0 Å². The van der Waals surface area contributed by atoms with Gasteiger partial charge in [-0.1, -0.05) is 53.8 Å². The summed E-state index contributed by atoms with van der Waals surface area (Å²) in [6.07, 6.45) is 0. The van der Waals surface area contributed by atoms with Crippen LogP contribution in [0.25, 0.3) is 0 Å². The Hall–Kier alpha value is -0.220. The molecule has 0 aliphatic carbocycles. The Morgan fingerprint density at radius 3 is 2.53 bits per heavy atom. The SMILES string of the molecule is C=C(Cl)CSC(=S)Nc1ccc(Cl)cc1. The third-order valence-electron chi connectivity index (χ3n) is 1.45. The number of hydrogen-bond acceptors (Lipinski definition) is 2. The van der Waals surface area contributed by atoms with Crippen molar-refractivity contribution in [2.45, 2.75) is 0 Å². The molecule has 0 spiro atoms. The zero-order valence-corrected chi connectivity index (χ0v) is 10.9. The van der Waals surface area contributed by atoms with Crippen molar-refractivity contribution < 1.29 is 0 Å². The molecule has 0 radical (unpaired) electrons. The topological polar surface area (TPSA) is 12.0 Å². The molecule has 0 aliphatic rings. The maximum atomic E-state index is 5.76. The summed E-state index contributed by atoms with van der Waals surface area (Å²) >= 11 is 17.9. The number of nitrogens with one attached hydrogen (secondary N) is 1. The van der Waals surface area contributed by atoms with E-state index in [1.807, 2.05) is 12.1 Å². The van der Waals surface area contributed by atoms with Gasteiger partial charge < -0.3 is 5.32 Å². The smallest absolute Gasteiger partial charge is 0.138 e. The Bertz CT molecular complexity index is 362. The Morgan fingerprint density at radius 2 is 2.00 bits per heavy atom. The predicted octanol–water partition coefficient (Wildman–Crippen LogP) is 4.52. The summed E-state index contributed by atoms with van der Waals surface area (Å²) in [4.78, 5) is 0. The van der Waals surface area contributed by atoms with Crippen LogP contribution in [0.4, 0.5) is 5.69 Å². The van der Waals surface area contributed by atoms with Gasteiger partial charge >= 0.3 is 0 Å². The van der Waals surface area contributed by atoms with E-state index in [1.54, 1.807) is 12.1 Å². The predicted molar refractivity (Wildman–Crippen MR) is 75.1 cm³/mol. The van der Waals surface area contributed by atoms with E-state index >= 15 is 0 Å². The molecule has 0 heterocycles. The van der Waals surface area contributed by atoms with Crippen LogP contribution >= 0.6 is 47.2 Å².